The number of imide groups is 1. The summed E-state index contributed by atoms with van der Waals surface area (Å²) in [7, 11) is 0. The van der Waals surface area contributed by atoms with Crippen LogP contribution < -0.4 is 10.6 Å². The maximum atomic E-state index is 11.7. The molecule has 0 aliphatic carbocycles. The average Bonchev–Trinajstić information content (AvgIpc) is 2.37. The van der Waals surface area contributed by atoms with Crippen LogP contribution in [0.1, 0.15) is 32.6 Å². The number of carbonyl (C=O) groups is 4. The largest absolute Gasteiger partial charge is 0.480 e. The van der Waals surface area contributed by atoms with E-state index >= 15 is 0 Å². The molecule has 1 saturated heterocycles. The number of hydrogen-bond acceptors (Lipinski definition) is 4. The van der Waals surface area contributed by atoms with Crippen LogP contribution in [0.25, 0.3) is 0 Å². The average molecular weight is 285 g/mol. The number of urea groups is 1. The Morgan fingerprint density at radius 2 is 2.15 bits per heavy atom. The molecule has 0 spiro atoms. The lowest BCUT2D eigenvalue weighted by Crippen LogP contribution is -2.53. The highest BCUT2D eigenvalue weighted by Crippen LogP contribution is 2.03. The van der Waals surface area contributed by atoms with Crippen LogP contribution in [0.2, 0.25) is 0 Å². The van der Waals surface area contributed by atoms with Crippen molar-refractivity contribution < 1.29 is 24.3 Å². The molecule has 0 aromatic carbocycles. The second kappa shape index (κ2) is 7.46. The first-order valence-corrected chi connectivity index (χ1v) is 6.55. The summed E-state index contributed by atoms with van der Waals surface area (Å²) in [5, 5.41) is 13.5. The minimum absolute atomic E-state index is 0.136. The van der Waals surface area contributed by atoms with E-state index in [0.29, 0.717) is 12.8 Å². The number of carboxylic acid groups (broad SMARTS) is 1. The van der Waals surface area contributed by atoms with Gasteiger partial charge in [-0.25, -0.2) is 9.59 Å². The summed E-state index contributed by atoms with van der Waals surface area (Å²) in [6, 6.07) is -1.58. The van der Waals surface area contributed by atoms with Crippen LogP contribution in [0.15, 0.2) is 0 Å². The van der Waals surface area contributed by atoms with Crippen molar-refractivity contribution in [1.29, 1.82) is 0 Å². The zero-order valence-corrected chi connectivity index (χ0v) is 11.3. The summed E-state index contributed by atoms with van der Waals surface area (Å²) in [4.78, 5) is 46.3. The molecule has 0 aromatic rings. The minimum atomic E-state index is -1.09. The number of amides is 4. The fourth-order valence-corrected chi connectivity index (χ4v) is 1.83. The number of carboxylic acids is 1. The molecule has 0 radical (unpaired) electrons. The van der Waals surface area contributed by atoms with Crippen molar-refractivity contribution >= 4 is 23.8 Å². The standard InChI is InChI=1S/C12H19N3O5/c1-2-3-4-8(11(18)19)13-10(17)7-15-6-5-9(16)14-12(15)20/h8H,2-7H2,1H3,(H,13,17)(H,18,19)(H,14,16,20)/t8-/m0/s1. The Bertz CT molecular complexity index is 410. The Hall–Kier alpha value is -2.12. The van der Waals surface area contributed by atoms with Gasteiger partial charge < -0.3 is 15.3 Å². The maximum Gasteiger partial charge on any atom is 0.326 e. The summed E-state index contributed by atoms with van der Waals surface area (Å²) in [5.41, 5.74) is 0. The molecule has 1 aliphatic rings. The monoisotopic (exact) mass is 285 g/mol. The number of rotatable bonds is 7. The quantitative estimate of drug-likeness (QED) is 0.593. The van der Waals surface area contributed by atoms with E-state index in [1.807, 2.05) is 6.92 Å². The molecule has 8 nitrogen and oxygen atoms in total. The highest BCUT2D eigenvalue weighted by molar-refractivity contribution is 5.98. The third kappa shape index (κ3) is 4.87. The predicted molar refractivity (Wildman–Crippen MR) is 68.8 cm³/mol. The molecule has 0 aromatic heterocycles. The summed E-state index contributed by atoms with van der Waals surface area (Å²) in [6.07, 6.45) is 2.01. The second-order valence-corrected chi connectivity index (χ2v) is 4.63. The van der Waals surface area contributed by atoms with Gasteiger partial charge in [-0.05, 0) is 6.42 Å². The van der Waals surface area contributed by atoms with Gasteiger partial charge in [0, 0.05) is 13.0 Å². The highest BCUT2D eigenvalue weighted by atomic mass is 16.4. The van der Waals surface area contributed by atoms with Crippen LogP contribution >= 0.6 is 0 Å². The molecule has 8 heteroatoms. The van der Waals surface area contributed by atoms with E-state index in [4.69, 9.17) is 5.11 Å². The SMILES string of the molecule is CCCC[C@H](NC(=O)CN1CCC(=O)NC1=O)C(=O)O. The van der Waals surface area contributed by atoms with Crippen LogP contribution in [-0.4, -0.2) is 53.0 Å². The van der Waals surface area contributed by atoms with E-state index in [-0.39, 0.29) is 25.4 Å². The normalized spacial score (nSPS) is 16.6. The first-order valence-electron chi connectivity index (χ1n) is 6.55. The summed E-state index contributed by atoms with van der Waals surface area (Å²) >= 11 is 0. The van der Waals surface area contributed by atoms with E-state index in [0.717, 1.165) is 6.42 Å². The summed E-state index contributed by atoms with van der Waals surface area (Å²) in [6.45, 7) is 1.83. The van der Waals surface area contributed by atoms with Gasteiger partial charge in [0.1, 0.15) is 12.6 Å². The molecule has 4 amide bonds. The molecule has 1 heterocycles. The van der Waals surface area contributed by atoms with E-state index < -0.39 is 23.9 Å². The van der Waals surface area contributed by atoms with Gasteiger partial charge in [0.25, 0.3) is 0 Å². The Kier molecular flexibility index (Phi) is 5.95. The first kappa shape index (κ1) is 15.9. The van der Waals surface area contributed by atoms with Crippen molar-refractivity contribution in [3.63, 3.8) is 0 Å². The third-order valence-corrected chi connectivity index (χ3v) is 2.96. The molecule has 1 rings (SSSR count). The van der Waals surface area contributed by atoms with Crippen molar-refractivity contribution in [1.82, 2.24) is 15.5 Å². The van der Waals surface area contributed by atoms with Crippen molar-refractivity contribution in [3.05, 3.63) is 0 Å². The van der Waals surface area contributed by atoms with Crippen LogP contribution in [0.5, 0.6) is 0 Å². The molecule has 20 heavy (non-hydrogen) atoms. The number of hydrogen-bond donors (Lipinski definition) is 3. The summed E-state index contributed by atoms with van der Waals surface area (Å²) < 4.78 is 0. The van der Waals surface area contributed by atoms with Gasteiger partial charge in [-0.15, -0.1) is 0 Å². The lowest BCUT2D eigenvalue weighted by molar-refractivity contribution is -0.142. The zero-order valence-electron chi connectivity index (χ0n) is 11.3. The first-order chi connectivity index (χ1) is 9.43. The lowest BCUT2D eigenvalue weighted by atomic mass is 10.1. The smallest absolute Gasteiger partial charge is 0.326 e. The van der Waals surface area contributed by atoms with Crippen LogP contribution in [0.3, 0.4) is 0 Å². The summed E-state index contributed by atoms with van der Waals surface area (Å²) in [5.74, 6) is -2.01. The van der Waals surface area contributed by atoms with Gasteiger partial charge in [0.15, 0.2) is 0 Å². The van der Waals surface area contributed by atoms with Gasteiger partial charge in [-0.1, -0.05) is 19.8 Å². The molecule has 112 valence electrons. The molecular formula is C12H19N3O5. The fraction of sp³-hybridized carbons (Fsp3) is 0.667. The zero-order chi connectivity index (χ0) is 15.1. The molecule has 1 aliphatic heterocycles. The number of aliphatic carboxylic acids is 1. The van der Waals surface area contributed by atoms with Crippen molar-refractivity contribution in [2.24, 2.45) is 0 Å². The van der Waals surface area contributed by atoms with E-state index in [2.05, 4.69) is 10.6 Å². The van der Waals surface area contributed by atoms with E-state index in [9.17, 15) is 19.2 Å². The number of carbonyl (C=O) groups excluding carboxylic acids is 3. The van der Waals surface area contributed by atoms with Gasteiger partial charge in [-0.3, -0.25) is 14.9 Å². The Morgan fingerprint density at radius 1 is 1.45 bits per heavy atom. The highest BCUT2D eigenvalue weighted by Gasteiger charge is 2.26. The molecule has 0 saturated carbocycles. The maximum absolute atomic E-state index is 11.7. The van der Waals surface area contributed by atoms with Crippen molar-refractivity contribution in [2.75, 3.05) is 13.1 Å². The van der Waals surface area contributed by atoms with E-state index in [1.165, 1.54) is 4.90 Å². The second-order valence-electron chi connectivity index (χ2n) is 4.63. The van der Waals surface area contributed by atoms with Gasteiger partial charge in [0.05, 0.1) is 0 Å². The van der Waals surface area contributed by atoms with Crippen molar-refractivity contribution in [2.45, 2.75) is 38.6 Å². The van der Waals surface area contributed by atoms with Gasteiger partial charge >= 0.3 is 12.0 Å². The molecule has 0 unspecified atom stereocenters. The van der Waals surface area contributed by atoms with Gasteiger partial charge in [0.2, 0.25) is 11.8 Å². The molecule has 0 bridgehead atoms. The van der Waals surface area contributed by atoms with Crippen LogP contribution in [-0.2, 0) is 14.4 Å². The van der Waals surface area contributed by atoms with Crippen LogP contribution in [0, 0.1) is 0 Å². The van der Waals surface area contributed by atoms with Gasteiger partial charge in [-0.2, -0.15) is 0 Å². The number of nitrogens with zero attached hydrogens (tertiary/aromatic N) is 1. The molecular weight excluding hydrogens is 266 g/mol. The van der Waals surface area contributed by atoms with Crippen LogP contribution in [0.4, 0.5) is 4.79 Å². The number of nitrogens with one attached hydrogen (secondary N) is 2. The third-order valence-electron chi connectivity index (χ3n) is 2.96. The Labute approximate surface area is 116 Å². The van der Waals surface area contributed by atoms with E-state index in [1.54, 1.807) is 0 Å². The molecule has 1 atom stereocenters. The minimum Gasteiger partial charge on any atom is -0.480 e. The fourth-order valence-electron chi connectivity index (χ4n) is 1.83. The topological polar surface area (TPSA) is 116 Å². The Morgan fingerprint density at radius 3 is 2.70 bits per heavy atom. The molecule has 3 N–H and O–H groups in total. The Balaban J connectivity index is 2.47. The number of unbranched alkanes of at least 4 members (excludes halogenated alkanes) is 1. The predicted octanol–water partition coefficient (Wildman–Crippen LogP) is -0.312. The van der Waals surface area contributed by atoms with Crippen molar-refractivity contribution in [3.8, 4) is 0 Å². The lowest BCUT2D eigenvalue weighted by Gasteiger charge is -2.26. The molecule has 1 fully saturated rings.